The molecule has 1 amide bonds. The summed E-state index contributed by atoms with van der Waals surface area (Å²) in [6.07, 6.45) is 2.68. The van der Waals surface area contributed by atoms with Crippen molar-refractivity contribution in [3.05, 3.63) is 35.9 Å². The fraction of sp³-hybridized carbons (Fsp3) is 0.667. The van der Waals surface area contributed by atoms with Gasteiger partial charge in [-0.25, -0.2) is 0 Å². The standard InChI is InChI=1S/C27H46N4O4/c1-26(2,18-23(32)22(30)10-11-24(33)31(16-14-28)17-15-29)12-13-27(3,4)19-25(34)35-20-21-8-6-5-7-9-21/h5-9,22H,10-20,28-30H2,1-4H3/t22-/m0/s1. The lowest BCUT2D eigenvalue weighted by Crippen LogP contribution is -2.40. The van der Waals surface area contributed by atoms with E-state index in [9.17, 15) is 14.4 Å². The molecule has 0 bridgehead atoms. The molecule has 0 aliphatic rings. The maximum absolute atomic E-state index is 12.8. The van der Waals surface area contributed by atoms with E-state index >= 15 is 0 Å². The molecule has 0 spiro atoms. The maximum Gasteiger partial charge on any atom is 0.306 e. The Morgan fingerprint density at radius 1 is 0.914 bits per heavy atom. The van der Waals surface area contributed by atoms with Crippen molar-refractivity contribution >= 4 is 17.7 Å². The highest BCUT2D eigenvalue weighted by molar-refractivity contribution is 5.85. The smallest absolute Gasteiger partial charge is 0.306 e. The van der Waals surface area contributed by atoms with Crippen LogP contribution in [0.25, 0.3) is 0 Å². The Bertz CT molecular complexity index is 790. The Balaban J connectivity index is 2.46. The Morgan fingerprint density at radius 3 is 2.00 bits per heavy atom. The van der Waals surface area contributed by atoms with Crippen LogP contribution in [-0.4, -0.2) is 54.8 Å². The van der Waals surface area contributed by atoms with Crippen LogP contribution in [0.2, 0.25) is 0 Å². The van der Waals surface area contributed by atoms with E-state index in [0.29, 0.717) is 45.4 Å². The fourth-order valence-electron chi connectivity index (χ4n) is 3.91. The first-order chi connectivity index (χ1) is 16.4. The van der Waals surface area contributed by atoms with Crippen LogP contribution in [0.1, 0.15) is 71.8 Å². The molecule has 0 unspecified atom stereocenters. The maximum atomic E-state index is 12.8. The molecule has 0 aliphatic carbocycles. The van der Waals surface area contributed by atoms with Crippen molar-refractivity contribution in [1.29, 1.82) is 0 Å². The number of esters is 1. The van der Waals surface area contributed by atoms with E-state index in [1.165, 1.54) is 0 Å². The van der Waals surface area contributed by atoms with Crippen molar-refractivity contribution in [2.24, 2.45) is 28.0 Å². The number of ether oxygens (including phenoxy) is 1. The minimum atomic E-state index is -0.684. The topological polar surface area (TPSA) is 142 Å². The summed E-state index contributed by atoms with van der Waals surface area (Å²) in [6.45, 7) is 10.1. The summed E-state index contributed by atoms with van der Waals surface area (Å²) in [5.74, 6) is -0.353. The summed E-state index contributed by atoms with van der Waals surface area (Å²) >= 11 is 0. The van der Waals surface area contributed by atoms with Crippen molar-refractivity contribution in [1.82, 2.24) is 4.90 Å². The third-order valence-corrected chi connectivity index (χ3v) is 6.23. The van der Waals surface area contributed by atoms with Gasteiger partial charge in [0.1, 0.15) is 12.4 Å². The van der Waals surface area contributed by atoms with Gasteiger partial charge in [-0.15, -0.1) is 0 Å². The molecule has 0 fully saturated rings. The Hall–Kier alpha value is -2.29. The highest BCUT2D eigenvalue weighted by atomic mass is 16.5. The summed E-state index contributed by atoms with van der Waals surface area (Å²) in [7, 11) is 0. The molecule has 0 saturated carbocycles. The van der Waals surface area contributed by atoms with E-state index in [4.69, 9.17) is 21.9 Å². The quantitative estimate of drug-likeness (QED) is 0.285. The van der Waals surface area contributed by atoms with Gasteiger partial charge in [-0.05, 0) is 35.7 Å². The fourth-order valence-corrected chi connectivity index (χ4v) is 3.91. The normalized spacial score (nSPS) is 12.8. The van der Waals surface area contributed by atoms with Crippen LogP contribution in [0.3, 0.4) is 0 Å². The number of Topliss-reactive ketones (excluding diaryl/α,β-unsaturated/α-hetero) is 1. The van der Waals surface area contributed by atoms with Crippen molar-refractivity contribution < 1.29 is 19.1 Å². The van der Waals surface area contributed by atoms with E-state index in [2.05, 4.69) is 0 Å². The van der Waals surface area contributed by atoms with Crippen molar-refractivity contribution in [2.75, 3.05) is 26.2 Å². The first-order valence-electron chi connectivity index (χ1n) is 12.5. The number of carbonyl (C=O) groups is 3. The number of ketones is 1. The van der Waals surface area contributed by atoms with Crippen molar-refractivity contribution in [3.63, 3.8) is 0 Å². The number of nitrogens with two attached hydrogens (primary N) is 3. The van der Waals surface area contributed by atoms with Gasteiger partial charge in [0.05, 0.1) is 12.5 Å². The molecule has 35 heavy (non-hydrogen) atoms. The molecular formula is C27H46N4O4. The molecule has 1 rings (SSSR count). The minimum absolute atomic E-state index is 0.0490. The number of hydrogen-bond acceptors (Lipinski definition) is 7. The largest absolute Gasteiger partial charge is 0.461 e. The second kappa shape index (κ2) is 15.0. The Labute approximate surface area is 210 Å². The summed E-state index contributed by atoms with van der Waals surface area (Å²) in [6, 6.07) is 8.92. The molecule has 198 valence electrons. The van der Waals surface area contributed by atoms with E-state index < -0.39 is 6.04 Å². The lowest BCUT2D eigenvalue weighted by atomic mass is 9.74. The molecule has 0 aliphatic heterocycles. The molecular weight excluding hydrogens is 444 g/mol. The Morgan fingerprint density at radius 2 is 1.46 bits per heavy atom. The van der Waals surface area contributed by atoms with Gasteiger partial charge in [0, 0.05) is 39.0 Å². The predicted molar refractivity (Wildman–Crippen MR) is 139 cm³/mol. The van der Waals surface area contributed by atoms with Crippen LogP contribution in [-0.2, 0) is 25.7 Å². The van der Waals surface area contributed by atoms with Gasteiger partial charge in [0.25, 0.3) is 0 Å². The average Bonchev–Trinajstić information content (AvgIpc) is 2.80. The molecule has 8 heteroatoms. The van der Waals surface area contributed by atoms with Gasteiger partial charge in [0.2, 0.25) is 5.91 Å². The van der Waals surface area contributed by atoms with E-state index in [-0.39, 0.29) is 41.5 Å². The zero-order chi connectivity index (χ0) is 26.5. The number of rotatable bonds is 17. The van der Waals surface area contributed by atoms with Crippen LogP contribution in [0.5, 0.6) is 0 Å². The van der Waals surface area contributed by atoms with Gasteiger partial charge >= 0.3 is 5.97 Å². The van der Waals surface area contributed by atoms with E-state index in [0.717, 1.165) is 18.4 Å². The third-order valence-electron chi connectivity index (χ3n) is 6.23. The first kappa shape index (κ1) is 30.7. The minimum Gasteiger partial charge on any atom is -0.461 e. The SMILES string of the molecule is CC(C)(CCC(C)(C)CC(=O)[C@@H](N)CCC(=O)N(CCN)CCN)CC(=O)OCc1ccccc1. The Kier molecular flexibility index (Phi) is 13.1. The van der Waals surface area contributed by atoms with Crippen molar-refractivity contribution in [3.8, 4) is 0 Å². The lowest BCUT2D eigenvalue weighted by molar-refractivity contribution is -0.147. The van der Waals surface area contributed by atoms with Crippen molar-refractivity contribution in [2.45, 2.75) is 78.9 Å². The predicted octanol–water partition coefficient (Wildman–Crippen LogP) is 2.77. The second-order valence-electron chi connectivity index (χ2n) is 10.9. The molecule has 1 aromatic carbocycles. The first-order valence-corrected chi connectivity index (χ1v) is 12.5. The molecule has 0 heterocycles. The molecule has 1 atom stereocenters. The zero-order valence-electron chi connectivity index (χ0n) is 22.1. The monoisotopic (exact) mass is 490 g/mol. The van der Waals surface area contributed by atoms with Gasteiger partial charge in [0.15, 0.2) is 0 Å². The van der Waals surface area contributed by atoms with Gasteiger partial charge in [-0.1, -0.05) is 58.0 Å². The zero-order valence-corrected chi connectivity index (χ0v) is 22.1. The van der Waals surface area contributed by atoms with Crippen LogP contribution >= 0.6 is 0 Å². The number of benzene rings is 1. The molecule has 0 aromatic heterocycles. The summed E-state index contributed by atoms with van der Waals surface area (Å²) in [4.78, 5) is 39.1. The van der Waals surface area contributed by atoms with Crippen LogP contribution in [0.15, 0.2) is 30.3 Å². The molecule has 8 nitrogen and oxygen atoms in total. The van der Waals surface area contributed by atoms with Gasteiger partial charge in [-0.3, -0.25) is 14.4 Å². The van der Waals surface area contributed by atoms with Crippen LogP contribution in [0.4, 0.5) is 0 Å². The molecule has 6 N–H and O–H groups in total. The number of nitrogens with zero attached hydrogens (tertiary/aromatic N) is 1. The summed E-state index contributed by atoms with van der Waals surface area (Å²) in [5, 5.41) is 0. The number of carbonyl (C=O) groups excluding carboxylic acids is 3. The molecule has 0 saturated heterocycles. The third kappa shape index (κ3) is 12.8. The summed E-state index contributed by atoms with van der Waals surface area (Å²) in [5.41, 5.74) is 17.7. The lowest BCUT2D eigenvalue weighted by Gasteiger charge is -2.31. The van der Waals surface area contributed by atoms with Gasteiger partial charge in [-0.2, -0.15) is 0 Å². The highest BCUT2D eigenvalue weighted by Crippen LogP contribution is 2.36. The molecule has 1 aromatic rings. The molecule has 0 radical (unpaired) electrons. The average molecular weight is 491 g/mol. The van der Waals surface area contributed by atoms with E-state index in [1.807, 2.05) is 58.0 Å². The number of hydrogen-bond donors (Lipinski definition) is 3. The second-order valence-corrected chi connectivity index (χ2v) is 10.9. The van der Waals surface area contributed by atoms with Crippen LogP contribution < -0.4 is 17.2 Å². The highest BCUT2D eigenvalue weighted by Gasteiger charge is 2.30. The number of amides is 1. The summed E-state index contributed by atoms with van der Waals surface area (Å²) < 4.78 is 5.43. The van der Waals surface area contributed by atoms with E-state index in [1.54, 1.807) is 4.90 Å². The van der Waals surface area contributed by atoms with Gasteiger partial charge < -0.3 is 26.8 Å². The van der Waals surface area contributed by atoms with Crippen LogP contribution in [0, 0.1) is 10.8 Å².